The molecule has 3 heteroatoms. The lowest BCUT2D eigenvalue weighted by molar-refractivity contribution is -0.0334. The van der Waals surface area contributed by atoms with E-state index in [1.54, 1.807) is 0 Å². The van der Waals surface area contributed by atoms with Gasteiger partial charge in [-0.15, -0.1) is 0 Å². The average Bonchev–Trinajstić information content (AvgIpc) is 1.72. The largest absolute Gasteiger partial charge is 0.377 e. The summed E-state index contributed by atoms with van der Waals surface area (Å²) in [5.74, 6) is 0. The fourth-order valence-electron chi connectivity index (χ4n) is 0.440. The number of ether oxygens (including phenoxy) is 2. The fraction of sp³-hybridized carbons (Fsp3) is 1.00. The molecule has 7 heavy (non-hydrogen) atoms. The van der Waals surface area contributed by atoms with Gasteiger partial charge in [0.2, 0.25) is 0 Å². The zero-order valence-corrected chi connectivity index (χ0v) is 5.38. The Morgan fingerprint density at radius 3 is 1.14 bits per heavy atom. The minimum absolute atomic E-state index is 0. The Kier molecular flexibility index (Phi) is 4.91. The Morgan fingerprint density at radius 1 is 0.714 bits per heavy atom. The highest BCUT2D eigenvalue weighted by molar-refractivity contribution is 5.75. The highest BCUT2D eigenvalue weighted by Gasteiger charge is 1.94. The molecule has 0 aromatic heterocycles. The van der Waals surface area contributed by atoms with Crippen molar-refractivity contribution in [1.29, 1.82) is 0 Å². The second-order valence-electron chi connectivity index (χ2n) is 1.22. The number of hydrogen-bond donors (Lipinski definition) is 0. The second kappa shape index (κ2) is 4.61. The lowest BCUT2D eigenvalue weighted by Gasteiger charge is -2.09. The molecule has 2 nitrogen and oxygen atoms in total. The van der Waals surface area contributed by atoms with Gasteiger partial charge in [-0.05, 0) is 0 Å². The van der Waals surface area contributed by atoms with Gasteiger partial charge in [0, 0.05) is 17.4 Å². The molecule has 3 radical (unpaired) electrons. The van der Waals surface area contributed by atoms with Gasteiger partial charge in [-0.3, -0.25) is 0 Å². The van der Waals surface area contributed by atoms with Crippen LogP contribution in [-0.2, 0) is 9.47 Å². The standard InChI is InChI=1S/C4H8O2.Al/c1-2-6-4-3-5-1;/h1-4H2;. The average molecular weight is 115 g/mol. The normalized spacial score (nSPS) is 20.6. The van der Waals surface area contributed by atoms with Crippen LogP contribution in [0.25, 0.3) is 0 Å². The Morgan fingerprint density at radius 2 is 1.00 bits per heavy atom. The van der Waals surface area contributed by atoms with E-state index in [2.05, 4.69) is 0 Å². The summed E-state index contributed by atoms with van der Waals surface area (Å²) in [7, 11) is 0. The van der Waals surface area contributed by atoms with Crippen molar-refractivity contribution in [3.8, 4) is 0 Å². The van der Waals surface area contributed by atoms with Crippen LogP contribution in [0.3, 0.4) is 0 Å². The smallest absolute Gasteiger partial charge is 0.0701 e. The zero-order chi connectivity index (χ0) is 4.24. The van der Waals surface area contributed by atoms with E-state index in [9.17, 15) is 0 Å². The summed E-state index contributed by atoms with van der Waals surface area (Å²) in [6.45, 7) is 3.11. The van der Waals surface area contributed by atoms with Gasteiger partial charge in [0.05, 0.1) is 26.4 Å². The maximum Gasteiger partial charge on any atom is 0.0701 e. The highest BCUT2D eigenvalue weighted by Crippen LogP contribution is 1.85. The molecule has 0 unspecified atom stereocenters. The second-order valence-corrected chi connectivity index (χ2v) is 1.22. The lowest BCUT2D eigenvalue weighted by atomic mass is 10.6. The molecule has 0 bridgehead atoms. The van der Waals surface area contributed by atoms with Crippen LogP contribution < -0.4 is 0 Å². The van der Waals surface area contributed by atoms with E-state index < -0.39 is 0 Å². The molecule has 39 valence electrons. The zero-order valence-electron chi connectivity index (χ0n) is 4.22. The summed E-state index contributed by atoms with van der Waals surface area (Å²) in [4.78, 5) is 0. The minimum Gasteiger partial charge on any atom is -0.377 e. The number of hydrogen-bond acceptors (Lipinski definition) is 2. The van der Waals surface area contributed by atoms with E-state index >= 15 is 0 Å². The van der Waals surface area contributed by atoms with Crippen LogP contribution >= 0.6 is 0 Å². The summed E-state index contributed by atoms with van der Waals surface area (Å²) < 4.78 is 9.89. The molecule has 1 aliphatic rings. The fourth-order valence-corrected chi connectivity index (χ4v) is 0.440. The van der Waals surface area contributed by atoms with E-state index in [0.29, 0.717) is 0 Å². The summed E-state index contributed by atoms with van der Waals surface area (Å²) in [6, 6.07) is 0. The number of rotatable bonds is 0. The van der Waals surface area contributed by atoms with Crippen molar-refractivity contribution in [2.45, 2.75) is 0 Å². The Balaban J connectivity index is 0.000000360. The SMILES string of the molecule is C1COCCO1.[Al]. The van der Waals surface area contributed by atoms with Crippen LogP contribution in [0.5, 0.6) is 0 Å². The van der Waals surface area contributed by atoms with E-state index in [-0.39, 0.29) is 17.4 Å². The summed E-state index contributed by atoms with van der Waals surface area (Å²) >= 11 is 0. The lowest BCUT2D eigenvalue weighted by Crippen LogP contribution is -2.16. The first-order chi connectivity index (χ1) is 3.00. The van der Waals surface area contributed by atoms with Crippen molar-refractivity contribution in [3.05, 3.63) is 0 Å². The molecular formula is C4H8AlO2. The van der Waals surface area contributed by atoms with Gasteiger partial charge in [0.25, 0.3) is 0 Å². The third kappa shape index (κ3) is 3.07. The maximum atomic E-state index is 4.94. The molecular weight excluding hydrogens is 107 g/mol. The van der Waals surface area contributed by atoms with Crippen molar-refractivity contribution in [1.82, 2.24) is 0 Å². The Labute approximate surface area is 53.9 Å². The summed E-state index contributed by atoms with van der Waals surface area (Å²) in [6.07, 6.45) is 0. The van der Waals surface area contributed by atoms with Crippen LogP contribution in [0.1, 0.15) is 0 Å². The predicted octanol–water partition coefficient (Wildman–Crippen LogP) is -0.348. The van der Waals surface area contributed by atoms with Crippen molar-refractivity contribution in [2.24, 2.45) is 0 Å². The van der Waals surface area contributed by atoms with Crippen LogP contribution in [-0.4, -0.2) is 43.8 Å². The molecule has 1 heterocycles. The van der Waals surface area contributed by atoms with E-state index in [1.165, 1.54) is 0 Å². The van der Waals surface area contributed by atoms with Gasteiger partial charge in [-0.1, -0.05) is 0 Å². The van der Waals surface area contributed by atoms with Gasteiger partial charge in [-0.25, -0.2) is 0 Å². The van der Waals surface area contributed by atoms with Crippen LogP contribution in [0.2, 0.25) is 0 Å². The van der Waals surface area contributed by atoms with Crippen molar-refractivity contribution in [2.75, 3.05) is 26.4 Å². The van der Waals surface area contributed by atoms with Gasteiger partial charge in [0.15, 0.2) is 0 Å². The van der Waals surface area contributed by atoms with Crippen molar-refractivity contribution in [3.63, 3.8) is 0 Å². The monoisotopic (exact) mass is 115 g/mol. The minimum atomic E-state index is 0. The summed E-state index contributed by atoms with van der Waals surface area (Å²) in [5.41, 5.74) is 0. The molecule has 0 spiro atoms. The molecule has 0 saturated carbocycles. The molecule has 1 aliphatic heterocycles. The van der Waals surface area contributed by atoms with Gasteiger partial charge < -0.3 is 9.47 Å². The quantitative estimate of drug-likeness (QED) is 0.402. The first-order valence-electron chi connectivity index (χ1n) is 2.15. The molecule has 0 aromatic carbocycles. The molecule has 0 atom stereocenters. The molecule has 0 amide bonds. The first-order valence-corrected chi connectivity index (χ1v) is 2.15. The Hall–Kier alpha value is 0.452. The first kappa shape index (κ1) is 7.45. The van der Waals surface area contributed by atoms with Crippen LogP contribution in [0.4, 0.5) is 0 Å². The molecule has 1 rings (SSSR count). The van der Waals surface area contributed by atoms with Gasteiger partial charge in [-0.2, -0.15) is 0 Å². The topological polar surface area (TPSA) is 18.5 Å². The van der Waals surface area contributed by atoms with Crippen LogP contribution in [0, 0.1) is 0 Å². The third-order valence-corrected chi connectivity index (χ3v) is 0.744. The Bertz CT molecular complexity index is 25.2. The van der Waals surface area contributed by atoms with Crippen LogP contribution in [0.15, 0.2) is 0 Å². The van der Waals surface area contributed by atoms with Crippen molar-refractivity contribution < 1.29 is 9.47 Å². The van der Waals surface area contributed by atoms with Gasteiger partial charge in [0.1, 0.15) is 0 Å². The molecule has 0 aromatic rings. The third-order valence-electron chi connectivity index (χ3n) is 0.744. The molecule has 1 fully saturated rings. The molecule has 0 N–H and O–H groups in total. The highest BCUT2D eigenvalue weighted by atomic mass is 27.0. The molecule has 0 aliphatic carbocycles. The predicted molar refractivity (Wildman–Crippen MR) is 27.4 cm³/mol. The molecule has 1 saturated heterocycles. The van der Waals surface area contributed by atoms with Gasteiger partial charge >= 0.3 is 0 Å². The van der Waals surface area contributed by atoms with E-state index in [4.69, 9.17) is 9.47 Å². The maximum absolute atomic E-state index is 4.94. The van der Waals surface area contributed by atoms with E-state index in [0.717, 1.165) is 26.4 Å². The van der Waals surface area contributed by atoms with E-state index in [1.807, 2.05) is 0 Å². The summed E-state index contributed by atoms with van der Waals surface area (Å²) in [5, 5.41) is 0. The van der Waals surface area contributed by atoms with Crippen molar-refractivity contribution >= 4 is 17.4 Å².